The molecule has 2 nitrogen and oxygen atoms in total. The molecule has 2 aliphatic rings. The van der Waals surface area contributed by atoms with Gasteiger partial charge in [-0.15, -0.1) is 0 Å². The molecule has 0 amide bonds. The van der Waals surface area contributed by atoms with Crippen molar-refractivity contribution >= 4 is 0 Å². The summed E-state index contributed by atoms with van der Waals surface area (Å²) < 4.78 is 5.51. The molecule has 0 radical (unpaired) electrons. The Bertz CT molecular complexity index is 237. The molecular formula is C17H33NO. The van der Waals surface area contributed by atoms with Crippen LogP contribution in [0.25, 0.3) is 0 Å². The highest BCUT2D eigenvalue weighted by molar-refractivity contribution is 4.83. The van der Waals surface area contributed by atoms with E-state index in [9.17, 15) is 0 Å². The first kappa shape index (κ1) is 15.3. The maximum atomic E-state index is 5.51. The molecule has 1 aliphatic heterocycles. The van der Waals surface area contributed by atoms with Gasteiger partial charge in [-0.05, 0) is 68.9 Å². The minimum Gasteiger partial charge on any atom is -0.381 e. The summed E-state index contributed by atoms with van der Waals surface area (Å²) in [6.07, 6.45) is 9.89. The minimum atomic E-state index is 0.936. The van der Waals surface area contributed by atoms with Crippen LogP contribution in [0, 0.1) is 23.7 Å². The zero-order chi connectivity index (χ0) is 13.5. The van der Waals surface area contributed by atoms with Gasteiger partial charge in [0.1, 0.15) is 0 Å². The van der Waals surface area contributed by atoms with Gasteiger partial charge in [0.05, 0.1) is 0 Å². The van der Waals surface area contributed by atoms with Crippen molar-refractivity contribution in [1.29, 1.82) is 0 Å². The topological polar surface area (TPSA) is 21.3 Å². The fourth-order valence-electron chi connectivity index (χ4n) is 4.09. The van der Waals surface area contributed by atoms with Gasteiger partial charge in [-0.3, -0.25) is 0 Å². The van der Waals surface area contributed by atoms with Gasteiger partial charge in [0.25, 0.3) is 0 Å². The van der Waals surface area contributed by atoms with Crippen LogP contribution in [-0.4, -0.2) is 26.3 Å². The van der Waals surface area contributed by atoms with E-state index in [0.717, 1.165) is 43.4 Å². The number of hydrogen-bond donors (Lipinski definition) is 1. The van der Waals surface area contributed by atoms with Crippen molar-refractivity contribution in [2.24, 2.45) is 23.7 Å². The number of hydrogen-bond acceptors (Lipinski definition) is 2. The van der Waals surface area contributed by atoms with Crippen LogP contribution in [0.4, 0.5) is 0 Å². The predicted molar refractivity (Wildman–Crippen MR) is 81.3 cm³/mol. The summed E-state index contributed by atoms with van der Waals surface area (Å²) in [5, 5.41) is 3.59. The summed E-state index contributed by atoms with van der Waals surface area (Å²) in [6.45, 7) is 8.99. The van der Waals surface area contributed by atoms with Crippen LogP contribution in [0.3, 0.4) is 0 Å². The first-order chi connectivity index (χ1) is 9.33. The summed E-state index contributed by atoms with van der Waals surface area (Å²) in [6, 6.07) is 0. The second-order valence-corrected chi connectivity index (χ2v) is 6.71. The average molecular weight is 267 g/mol. The fraction of sp³-hybridized carbons (Fsp3) is 1.00. The lowest BCUT2D eigenvalue weighted by molar-refractivity contribution is 0.0462. The molecule has 112 valence electrons. The molecule has 0 aromatic heterocycles. The van der Waals surface area contributed by atoms with E-state index < -0.39 is 0 Å². The van der Waals surface area contributed by atoms with Crippen molar-refractivity contribution in [3.05, 3.63) is 0 Å². The third kappa shape index (κ3) is 4.75. The Hall–Kier alpha value is -0.0800. The van der Waals surface area contributed by atoms with Crippen molar-refractivity contribution in [3.63, 3.8) is 0 Å². The molecule has 1 saturated carbocycles. The molecule has 2 rings (SSSR count). The zero-order valence-electron chi connectivity index (χ0n) is 13.0. The van der Waals surface area contributed by atoms with Crippen LogP contribution in [0.15, 0.2) is 0 Å². The van der Waals surface area contributed by atoms with Gasteiger partial charge in [0.2, 0.25) is 0 Å². The first-order valence-corrected chi connectivity index (χ1v) is 8.61. The third-order valence-corrected chi connectivity index (χ3v) is 5.46. The van der Waals surface area contributed by atoms with E-state index in [4.69, 9.17) is 4.74 Å². The van der Waals surface area contributed by atoms with Gasteiger partial charge >= 0.3 is 0 Å². The number of nitrogens with one attached hydrogen (secondary N) is 1. The summed E-state index contributed by atoms with van der Waals surface area (Å²) in [7, 11) is 0. The quantitative estimate of drug-likeness (QED) is 0.789. The number of rotatable bonds is 6. The summed E-state index contributed by atoms with van der Waals surface area (Å²) in [4.78, 5) is 0. The monoisotopic (exact) mass is 267 g/mol. The lowest BCUT2D eigenvalue weighted by atomic mass is 9.69. The Balaban J connectivity index is 1.85. The molecule has 1 N–H and O–H groups in total. The normalized spacial score (nSPS) is 33.5. The average Bonchev–Trinajstić information content (AvgIpc) is 2.47. The molecule has 2 fully saturated rings. The molecule has 2 heteroatoms. The molecule has 0 spiro atoms. The van der Waals surface area contributed by atoms with Crippen molar-refractivity contribution in [2.45, 2.75) is 58.8 Å². The fourth-order valence-corrected chi connectivity index (χ4v) is 4.09. The lowest BCUT2D eigenvalue weighted by Gasteiger charge is -2.38. The van der Waals surface area contributed by atoms with Gasteiger partial charge in [0, 0.05) is 13.2 Å². The Kier molecular flexibility index (Phi) is 6.66. The van der Waals surface area contributed by atoms with Crippen LogP contribution in [0.5, 0.6) is 0 Å². The van der Waals surface area contributed by atoms with E-state index in [1.807, 2.05) is 0 Å². The van der Waals surface area contributed by atoms with Crippen LogP contribution >= 0.6 is 0 Å². The number of ether oxygens (including phenoxy) is 1. The molecule has 3 unspecified atom stereocenters. The molecule has 0 bridgehead atoms. The molecule has 0 aromatic carbocycles. The zero-order valence-corrected chi connectivity index (χ0v) is 13.0. The van der Waals surface area contributed by atoms with E-state index >= 15 is 0 Å². The first-order valence-electron chi connectivity index (χ1n) is 8.61. The maximum Gasteiger partial charge on any atom is 0.0468 e. The van der Waals surface area contributed by atoms with Crippen molar-refractivity contribution in [1.82, 2.24) is 5.32 Å². The van der Waals surface area contributed by atoms with Crippen LogP contribution in [-0.2, 0) is 4.74 Å². The largest absolute Gasteiger partial charge is 0.381 e. The molecule has 1 aliphatic carbocycles. The van der Waals surface area contributed by atoms with Crippen molar-refractivity contribution in [3.8, 4) is 0 Å². The van der Waals surface area contributed by atoms with Gasteiger partial charge in [-0.2, -0.15) is 0 Å². The Morgan fingerprint density at radius 1 is 0.947 bits per heavy atom. The second-order valence-electron chi connectivity index (χ2n) is 6.71. The predicted octanol–water partition coefficient (Wildman–Crippen LogP) is 3.86. The maximum absolute atomic E-state index is 5.51. The van der Waals surface area contributed by atoms with Gasteiger partial charge < -0.3 is 10.1 Å². The highest BCUT2D eigenvalue weighted by atomic mass is 16.5. The van der Waals surface area contributed by atoms with Crippen LogP contribution in [0.2, 0.25) is 0 Å². The molecule has 19 heavy (non-hydrogen) atoms. The van der Waals surface area contributed by atoms with E-state index in [1.165, 1.54) is 51.5 Å². The van der Waals surface area contributed by atoms with E-state index in [1.54, 1.807) is 0 Å². The molecule has 0 aromatic rings. The van der Waals surface area contributed by atoms with E-state index in [0.29, 0.717) is 0 Å². The lowest BCUT2D eigenvalue weighted by Crippen LogP contribution is -2.34. The molecular weight excluding hydrogens is 234 g/mol. The Morgan fingerprint density at radius 3 is 2.42 bits per heavy atom. The van der Waals surface area contributed by atoms with Crippen LogP contribution in [0.1, 0.15) is 58.8 Å². The highest BCUT2D eigenvalue weighted by Gasteiger charge is 2.31. The van der Waals surface area contributed by atoms with Crippen molar-refractivity contribution < 1.29 is 4.74 Å². The highest BCUT2D eigenvalue weighted by Crippen LogP contribution is 2.40. The Labute approximate surface area is 119 Å². The molecule has 3 atom stereocenters. The molecule has 1 heterocycles. The standard InChI is InChI=1S/C17H33NO/c1-3-14-5-6-16(13-18-4-2)17(11-14)12-15-7-9-19-10-8-15/h14-18H,3-13H2,1-2H3. The minimum absolute atomic E-state index is 0.936. The van der Waals surface area contributed by atoms with Crippen LogP contribution < -0.4 is 5.32 Å². The Morgan fingerprint density at radius 2 is 1.74 bits per heavy atom. The summed E-state index contributed by atoms with van der Waals surface area (Å²) in [5.74, 6) is 3.85. The van der Waals surface area contributed by atoms with Gasteiger partial charge in [-0.1, -0.05) is 26.7 Å². The summed E-state index contributed by atoms with van der Waals surface area (Å²) in [5.41, 5.74) is 0. The second kappa shape index (κ2) is 8.26. The van der Waals surface area contributed by atoms with Crippen molar-refractivity contribution in [2.75, 3.05) is 26.3 Å². The smallest absolute Gasteiger partial charge is 0.0468 e. The van der Waals surface area contributed by atoms with E-state index in [-0.39, 0.29) is 0 Å². The SMILES string of the molecule is CCNCC1CCC(CC)CC1CC1CCOCC1. The molecule has 1 saturated heterocycles. The van der Waals surface area contributed by atoms with Gasteiger partial charge in [0.15, 0.2) is 0 Å². The van der Waals surface area contributed by atoms with Gasteiger partial charge in [-0.25, -0.2) is 0 Å². The third-order valence-electron chi connectivity index (χ3n) is 5.46. The van der Waals surface area contributed by atoms with E-state index in [2.05, 4.69) is 19.2 Å². The summed E-state index contributed by atoms with van der Waals surface area (Å²) >= 11 is 0.